The fraction of sp³-hybridized carbons (Fsp3) is 0.381. The van der Waals surface area contributed by atoms with Gasteiger partial charge >= 0.3 is 5.97 Å². The van der Waals surface area contributed by atoms with Crippen molar-refractivity contribution in [2.24, 2.45) is 5.92 Å². The standard InChI is InChI=1S/C21H21ClFNO6S/c22-17-2-1-3-18(23)16(17)13-30-21(25)14-6-8-24(9-7-14)31(26,27)15-4-5-19-20(12-15)29-11-10-28-19/h1-5,12,14H,6-11,13H2. The monoisotopic (exact) mass is 469 g/mol. The first-order chi connectivity index (χ1) is 14.9. The number of carbonyl (C=O) groups is 1. The van der Waals surface area contributed by atoms with Crippen LogP contribution in [0.15, 0.2) is 41.3 Å². The Kier molecular flexibility index (Phi) is 6.36. The summed E-state index contributed by atoms with van der Waals surface area (Å²) in [5.41, 5.74) is 0.121. The van der Waals surface area contributed by atoms with Crippen molar-refractivity contribution < 1.29 is 31.8 Å². The lowest BCUT2D eigenvalue weighted by Crippen LogP contribution is -2.40. The normalized spacial score (nSPS) is 17.4. The highest BCUT2D eigenvalue weighted by Crippen LogP contribution is 2.34. The molecule has 4 rings (SSSR count). The van der Waals surface area contributed by atoms with E-state index >= 15 is 0 Å². The Hall–Kier alpha value is -2.36. The van der Waals surface area contributed by atoms with Gasteiger partial charge in [0.05, 0.1) is 15.8 Å². The van der Waals surface area contributed by atoms with E-state index in [4.69, 9.17) is 25.8 Å². The third kappa shape index (κ3) is 4.63. The van der Waals surface area contributed by atoms with Gasteiger partial charge in [-0.3, -0.25) is 4.79 Å². The lowest BCUT2D eigenvalue weighted by molar-refractivity contribution is -0.151. The maximum atomic E-state index is 13.8. The predicted molar refractivity (Wildman–Crippen MR) is 110 cm³/mol. The fourth-order valence-corrected chi connectivity index (χ4v) is 5.30. The summed E-state index contributed by atoms with van der Waals surface area (Å²) in [5.74, 6) is -0.576. The number of carbonyl (C=O) groups excluding carboxylic acids is 1. The van der Waals surface area contributed by atoms with E-state index in [1.54, 1.807) is 6.07 Å². The molecule has 0 aromatic heterocycles. The van der Waals surface area contributed by atoms with E-state index in [-0.39, 0.29) is 35.2 Å². The Morgan fingerprint density at radius 1 is 1.13 bits per heavy atom. The van der Waals surface area contributed by atoms with E-state index in [1.807, 2.05) is 0 Å². The van der Waals surface area contributed by atoms with Crippen LogP contribution in [0.2, 0.25) is 5.02 Å². The molecule has 1 fully saturated rings. The Morgan fingerprint density at radius 3 is 2.55 bits per heavy atom. The van der Waals surface area contributed by atoms with Crippen LogP contribution >= 0.6 is 11.6 Å². The lowest BCUT2D eigenvalue weighted by atomic mass is 9.98. The lowest BCUT2D eigenvalue weighted by Gasteiger charge is -2.30. The summed E-state index contributed by atoms with van der Waals surface area (Å²) in [6, 6.07) is 8.77. The molecule has 2 heterocycles. The number of fused-ring (bicyclic) bond motifs is 1. The van der Waals surface area contributed by atoms with Crippen molar-refractivity contribution >= 4 is 27.6 Å². The third-order valence-electron chi connectivity index (χ3n) is 5.36. The van der Waals surface area contributed by atoms with Crippen LogP contribution in [0.3, 0.4) is 0 Å². The van der Waals surface area contributed by atoms with Crippen molar-refractivity contribution in [1.29, 1.82) is 0 Å². The van der Waals surface area contributed by atoms with Crippen LogP contribution < -0.4 is 9.47 Å². The molecule has 31 heavy (non-hydrogen) atoms. The van der Waals surface area contributed by atoms with Gasteiger partial charge in [-0.25, -0.2) is 12.8 Å². The third-order valence-corrected chi connectivity index (χ3v) is 7.61. The molecule has 0 aliphatic carbocycles. The summed E-state index contributed by atoms with van der Waals surface area (Å²) >= 11 is 5.95. The van der Waals surface area contributed by atoms with Gasteiger partial charge in [0.25, 0.3) is 0 Å². The second-order valence-electron chi connectivity index (χ2n) is 7.29. The molecule has 0 N–H and O–H groups in total. The van der Waals surface area contributed by atoms with E-state index in [1.165, 1.54) is 34.6 Å². The van der Waals surface area contributed by atoms with E-state index in [9.17, 15) is 17.6 Å². The number of sulfonamides is 1. The van der Waals surface area contributed by atoms with Crippen LogP contribution in [-0.2, 0) is 26.2 Å². The molecule has 0 amide bonds. The molecule has 10 heteroatoms. The van der Waals surface area contributed by atoms with Crippen LogP contribution in [0.25, 0.3) is 0 Å². The molecule has 0 atom stereocenters. The topological polar surface area (TPSA) is 82.1 Å². The molecule has 2 aliphatic rings. The van der Waals surface area contributed by atoms with Gasteiger partial charge in [0, 0.05) is 24.7 Å². The highest BCUT2D eigenvalue weighted by Gasteiger charge is 2.33. The van der Waals surface area contributed by atoms with Crippen LogP contribution in [0, 0.1) is 11.7 Å². The van der Waals surface area contributed by atoms with Gasteiger partial charge in [-0.2, -0.15) is 4.31 Å². The van der Waals surface area contributed by atoms with Gasteiger partial charge < -0.3 is 14.2 Å². The van der Waals surface area contributed by atoms with Crippen molar-refractivity contribution in [2.75, 3.05) is 26.3 Å². The number of benzene rings is 2. The quantitative estimate of drug-likeness (QED) is 0.624. The molecule has 0 unspecified atom stereocenters. The van der Waals surface area contributed by atoms with Crippen molar-refractivity contribution in [3.63, 3.8) is 0 Å². The molecule has 2 aromatic rings. The zero-order chi connectivity index (χ0) is 22.0. The molecule has 0 bridgehead atoms. The summed E-state index contributed by atoms with van der Waals surface area (Å²) in [5, 5.41) is 0.188. The summed E-state index contributed by atoms with van der Waals surface area (Å²) < 4.78 is 57.3. The summed E-state index contributed by atoms with van der Waals surface area (Å²) in [6.07, 6.45) is 0.626. The molecule has 7 nitrogen and oxygen atoms in total. The molecule has 166 valence electrons. The summed E-state index contributed by atoms with van der Waals surface area (Å²) in [7, 11) is -3.73. The first-order valence-corrected chi connectivity index (χ1v) is 11.7. The van der Waals surface area contributed by atoms with E-state index in [2.05, 4.69) is 0 Å². The number of hydrogen-bond acceptors (Lipinski definition) is 6. The molecule has 0 radical (unpaired) electrons. The van der Waals surface area contributed by atoms with Gasteiger partial charge in [0.1, 0.15) is 25.6 Å². The van der Waals surface area contributed by atoms with E-state index in [0.717, 1.165) is 0 Å². The highest BCUT2D eigenvalue weighted by molar-refractivity contribution is 7.89. The minimum absolute atomic E-state index is 0.118. The number of ether oxygens (including phenoxy) is 3. The zero-order valence-electron chi connectivity index (χ0n) is 16.6. The maximum Gasteiger partial charge on any atom is 0.309 e. The van der Waals surface area contributed by atoms with Crippen LogP contribution in [0.5, 0.6) is 11.5 Å². The molecule has 1 saturated heterocycles. The van der Waals surface area contributed by atoms with Gasteiger partial charge in [-0.15, -0.1) is 0 Å². The second kappa shape index (κ2) is 9.02. The Labute approximate surface area is 184 Å². The van der Waals surface area contributed by atoms with Crippen molar-refractivity contribution in [3.05, 3.63) is 52.8 Å². The minimum atomic E-state index is -3.73. The predicted octanol–water partition coefficient (Wildman–Crippen LogP) is 3.39. The number of esters is 1. The van der Waals surface area contributed by atoms with E-state index in [0.29, 0.717) is 37.6 Å². The number of nitrogens with zero attached hydrogens (tertiary/aromatic N) is 1. The smallest absolute Gasteiger partial charge is 0.309 e. The number of rotatable bonds is 5. The molecule has 0 spiro atoms. The molecular weight excluding hydrogens is 449 g/mol. The average Bonchev–Trinajstić information content (AvgIpc) is 2.78. The Bertz CT molecular complexity index is 1070. The Morgan fingerprint density at radius 2 is 1.84 bits per heavy atom. The first-order valence-electron chi connectivity index (χ1n) is 9.85. The number of halogens is 2. The minimum Gasteiger partial charge on any atom is -0.486 e. The van der Waals surface area contributed by atoms with Gasteiger partial charge in [0.2, 0.25) is 10.0 Å². The number of piperidine rings is 1. The summed E-state index contributed by atoms with van der Waals surface area (Å²) in [4.78, 5) is 12.5. The van der Waals surface area contributed by atoms with Crippen LogP contribution in [0.4, 0.5) is 4.39 Å². The van der Waals surface area contributed by atoms with Crippen molar-refractivity contribution in [3.8, 4) is 11.5 Å². The molecule has 0 saturated carbocycles. The van der Waals surface area contributed by atoms with Crippen molar-refractivity contribution in [1.82, 2.24) is 4.31 Å². The average molecular weight is 470 g/mol. The molecular formula is C21H21ClFNO6S. The zero-order valence-corrected chi connectivity index (χ0v) is 18.1. The van der Waals surface area contributed by atoms with Crippen LogP contribution in [0.1, 0.15) is 18.4 Å². The largest absolute Gasteiger partial charge is 0.486 e. The van der Waals surface area contributed by atoms with E-state index < -0.39 is 27.7 Å². The SMILES string of the molecule is O=C(OCc1c(F)cccc1Cl)C1CCN(S(=O)(=O)c2ccc3c(c2)OCCO3)CC1. The van der Waals surface area contributed by atoms with Gasteiger partial charge in [-0.05, 0) is 37.1 Å². The Balaban J connectivity index is 1.36. The van der Waals surface area contributed by atoms with Gasteiger partial charge in [-0.1, -0.05) is 17.7 Å². The second-order valence-corrected chi connectivity index (χ2v) is 9.64. The molecule has 2 aromatic carbocycles. The molecule has 2 aliphatic heterocycles. The first kappa shape index (κ1) is 21.9. The number of hydrogen-bond donors (Lipinski definition) is 0. The maximum absolute atomic E-state index is 13.8. The van der Waals surface area contributed by atoms with Crippen molar-refractivity contribution in [2.45, 2.75) is 24.3 Å². The van der Waals surface area contributed by atoms with Crippen LogP contribution in [-0.4, -0.2) is 45.0 Å². The van der Waals surface area contributed by atoms with Gasteiger partial charge in [0.15, 0.2) is 11.5 Å². The summed E-state index contributed by atoms with van der Waals surface area (Å²) in [6.45, 7) is 0.877. The fourth-order valence-electron chi connectivity index (χ4n) is 3.60. The highest BCUT2D eigenvalue weighted by atomic mass is 35.5.